The van der Waals surface area contributed by atoms with Gasteiger partial charge in [0.25, 0.3) is 5.91 Å². The first kappa shape index (κ1) is 18.1. The van der Waals surface area contributed by atoms with Crippen molar-refractivity contribution in [2.45, 2.75) is 25.8 Å². The predicted molar refractivity (Wildman–Crippen MR) is 101 cm³/mol. The highest BCUT2D eigenvalue weighted by molar-refractivity contribution is 6.07. The lowest BCUT2D eigenvalue weighted by Crippen LogP contribution is -2.29. The molecule has 5 heteroatoms. The van der Waals surface area contributed by atoms with Crippen LogP contribution in [0.25, 0.3) is 0 Å². The first-order valence-corrected chi connectivity index (χ1v) is 8.97. The summed E-state index contributed by atoms with van der Waals surface area (Å²) in [5.41, 5.74) is 2.55. The summed E-state index contributed by atoms with van der Waals surface area (Å²) in [6, 6.07) is 14.5. The minimum Gasteiger partial charge on any atom is -0.465 e. The molecule has 26 heavy (non-hydrogen) atoms. The van der Waals surface area contributed by atoms with Crippen LogP contribution in [-0.2, 0) is 11.3 Å². The lowest BCUT2D eigenvalue weighted by molar-refractivity contribution is 0.0602. The van der Waals surface area contributed by atoms with Crippen molar-refractivity contribution in [3.63, 3.8) is 0 Å². The van der Waals surface area contributed by atoms with Crippen LogP contribution in [-0.4, -0.2) is 37.0 Å². The molecule has 1 fully saturated rings. The monoisotopic (exact) mass is 352 g/mol. The number of nitrogens with zero attached hydrogens (tertiary/aromatic N) is 1. The Bertz CT molecular complexity index is 765. The summed E-state index contributed by atoms with van der Waals surface area (Å²) >= 11 is 0. The van der Waals surface area contributed by atoms with Gasteiger partial charge in [0.2, 0.25) is 0 Å². The molecule has 2 aromatic rings. The first-order valence-electron chi connectivity index (χ1n) is 8.97. The minimum atomic E-state index is -0.474. The number of hydrogen-bond donors (Lipinski definition) is 1. The van der Waals surface area contributed by atoms with Crippen molar-refractivity contribution in [2.75, 3.05) is 25.5 Å². The number of para-hydroxylation sites is 1. The zero-order chi connectivity index (χ0) is 18.4. The normalized spacial score (nSPS) is 14.7. The van der Waals surface area contributed by atoms with Gasteiger partial charge in [-0.25, -0.2) is 4.79 Å². The third kappa shape index (κ3) is 4.49. The van der Waals surface area contributed by atoms with Crippen LogP contribution in [0.4, 0.5) is 5.69 Å². The smallest absolute Gasteiger partial charge is 0.339 e. The Hall–Kier alpha value is -2.66. The highest BCUT2D eigenvalue weighted by Crippen LogP contribution is 2.18. The minimum absolute atomic E-state index is 0.245. The molecule has 2 aromatic carbocycles. The molecule has 1 aliphatic rings. The lowest BCUT2D eigenvalue weighted by atomic mass is 10.1. The summed E-state index contributed by atoms with van der Waals surface area (Å²) in [6.07, 6.45) is 3.85. The van der Waals surface area contributed by atoms with Gasteiger partial charge in [-0.05, 0) is 55.8 Å². The molecule has 1 heterocycles. The van der Waals surface area contributed by atoms with E-state index in [1.165, 1.54) is 31.9 Å². The Morgan fingerprint density at radius 3 is 2.38 bits per heavy atom. The topological polar surface area (TPSA) is 58.6 Å². The number of amides is 1. The third-order valence-corrected chi connectivity index (χ3v) is 4.65. The first-order chi connectivity index (χ1) is 12.7. The Kier molecular flexibility index (Phi) is 6.02. The van der Waals surface area contributed by atoms with Crippen LogP contribution in [0.15, 0.2) is 48.5 Å². The summed E-state index contributed by atoms with van der Waals surface area (Å²) in [7, 11) is 1.32. The Balaban J connectivity index is 1.66. The third-order valence-electron chi connectivity index (χ3n) is 4.65. The number of likely N-dealkylation sites (tertiary alicyclic amines) is 1. The number of anilines is 1. The molecule has 136 valence electrons. The highest BCUT2D eigenvalue weighted by atomic mass is 16.5. The van der Waals surface area contributed by atoms with Crippen LogP contribution in [0.5, 0.6) is 0 Å². The van der Waals surface area contributed by atoms with E-state index in [1.54, 1.807) is 24.3 Å². The molecule has 1 amide bonds. The summed E-state index contributed by atoms with van der Waals surface area (Å²) in [4.78, 5) is 26.8. The number of nitrogens with one attached hydrogen (secondary N) is 1. The number of piperidine rings is 1. The second-order valence-electron chi connectivity index (χ2n) is 6.53. The van der Waals surface area contributed by atoms with E-state index >= 15 is 0 Å². The zero-order valence-electron chi connectivity index (χ0n) is 15.0. The van der Waals surface area contributed by atoms with Gasteiger partial charge in [0.1, 0.15) is 0 Å². The molecule has 1 saturated heterocycles. The van der Waals surface area contributed by atoms with Crippen molar-refractivity contribution in [1.29, 1.82) is 0 Å². The summed E-state index contributed by atoms with van der Waals surface area (Å²) < 4.78 is 4.76. The molecule has 0 bridgehead atoms. The molecule has 0 spiro atoms. The van der Waals surface area contributed by atoms with E-state index in [2.05, 4.69) is 10.2 Å². The van der Waals surface area contributed by atoms with Gasteiger partial charge in [-0.1, -0.05) is 30.7 Å². The van der Waals surface area contributed by atoms with Crippen LogP contribution in [0.2, 0.25) is 0 Å². The Labute approximate surface area is 154 Å². The van der Waals surface area contributed by atoms with Crippen LogP contribution in [0.1, 0.15) is 45.5 Å². The summed E-state index contributed by atoms with van der Waals surface area (Å²) in [5, 5.41) is 2.79. The SMILES string of the molecule is COC(=O)c1ccccc1NC(=O)c1ccc(CN2CCCCC2)cc1. The molecule has 1 N–H and O–H groups in total. The fraction of sp³-hybridized carbons (Fsp3) is 0.333. The van der Waals surface area contributed by atoms with E-state index in [0.717, 1.165) is 19.6 Å². The van der Waals surface area contributed by atoms with Gasteiger partial charge < -0.3 is 10.1 Å². The van der Waals surface area contributed by atoms with Gasteiger partial charge in [-0.3, -0.25) is 9.69 Å². The Morgan fingerprint density at radius 1 is 1.00 bits per heavy atom. The second kappa shape index (κ2) is 8.63. The Morgan fingerprint density at radius 2 is 1.69 bits per heavy atom. The van der Waals surface area contributed by atoms with Gasteiger partial charge in [0, 0.05) is 12.1 Å². The standard InChI is InChI=1S/C21H24N2O3/c1-26-21(25)18-7-3-4-8-19(18)22-20(24)17-11-9-16(10-12-17)15-23-13-5-2-6-14-23/h3-4,7-12H,2,5-6,13-15H2,1H3,(H,22,24). The van der Waals surface area contributed by atoms with Crippen molar-refractivity contribution in [3.8, 4) is 0 Å². The molecule has 0 atom stereocenters. The van der Waals surface area contributed by atoms with E-state index < -0.39 is 5.97 Å². The van der Waals surface area contributed by atoms with Crippen molar-refractivity contribution in [3.05, 3.63) is 65.2 Å². The van der Waals surface area contributed by atoms with Gasteiger partial charge in [-0.15, -0.1) is 0 Å². The number of carbonyl (C=O) groups excluding carboxylic acids is 2. The van der Waals surface area contributed by atoms with Crippen molar-refractivity contribution in [1.82, 2.24) is 4.90 Å². The van der Waals surface area contributed by atoms with Crippen LogP contribution in [0, 0.1) is 0 Å². The summed E-state index contributed by atoms with van der Waals surface area (Å²) in [5.74, 6) is -0.719. The van der Waals surface area contributed by atoms with Crippen molar-refractivity contribution in [2.24, 2.45) is 0 Å². The molecule has 5 nitrogen and oxygen atoms in total. The van der Waals surface area contributed by atoms with Crippen molar-refractivity contribution >= 4 is 17.6 Å². The molecule has 0 aliphatic carbocycles. The van der Waals surface area contributed by atoms with Crippen molar-refractivity contribution < 1.29 is 14.3 Å². The van der Waals surface area contributed by atoms with E-state index in [1.807, 2.05) is 24.3 Å². The number of ether oxygens (including phenoxy) is 1. The number of rotatable bonds is 5. The largest absolute Gasteiger partial charge is 0.465 e. The molecule has 0 saturated carbocycles. The van der Waals surface area contributed by atoms with Gasteiger partial charge in [0.05, 0.1) is 18.4 Å². The molecular weight excluding hydrogens is 328 g/mol. The number of benzene rings is 2. The molecule has 0 unspecified atom stereocenters. The van der Waals surface area contributed by atoms with E-state index in [9.17, 15) is 9.59 Å². The highest BCUT2D eigenvalue weighted by Gasteiger charge is 2.15. The maximum atomic E-state index is 12.5. The van der Waals surface area contributed by atoms with Crippen LogP contribution < -0.4 is 5.32 Å². The number of carbonyl (C=O) groups is 2. The number of methoxy groups -OCH3 is 1. The fourth-order valence-corrected chi connectivity index (χ4v) is 3.21. The molecular formula is C21H24N2O3. The fourth-order valence-electron chi connectivity index (χ4n) is 3.21. The number of hydrogen-bond acceptors (Lipinski definition) is 4. The summed E-state index contributed by atoms with van der Waals surface area (Å²) in [6.45, 7) is 3.21. The average molecular weight is 352 g/mol. The van der Waals surface area contributed by atoms with E-state index in [4.69, 9.17) is 4.74 Å². The quantitative estimate of drug-likeness (QED) is 0.834. The predicted octanol–water partition coefficient (Wildman–Crippen LogP) is 3.71. The maximum Gasteiger partial charge on any atom is 0.339 e. The van der Waals surface area contributed by atoms with Crippen LogP contribution >= 0.6 is 0 Å². The van der Waals surface area contributed by atoms with E-state index in [0.29, 0.717) is 16.8 Å². The zero-order valence-corrected chi connectivity index (χ0v) is 15.0. The molecule has 1 aliphatic heterocycles. The van der Waals surface area contributed by atoms with E-state index in [-0.39, 0.29) is 5.91 Å². The van der Waals surface area contributed by atoms with Gasteiger partial charge in [-0.2, -0.15) is 0 Å². The van der Waals surface area contributed by atoms with Gasteiger partial charge in [0.15, 0.2) is 0 Å². The van der Waals surface area contributed by atoms with Crippen LogP contribution in [0.3, 0.4) is 0 Å². The molecule has 0 radical (unpaired) electrons. The molecule has 3 rings (SSSR count). The lowest BCUT2D eigenvalue weighted by Gasteiger charge is -2.26. The average Bonchev–Trinajstić information content (AvgIpc) is 2.69. The molecule has 0 aromatic heterocycles. The maximum absolute atomic E-state index is 12.5. The van der Waals surface area contributed by atoms with Gasteiger partial charge >= 0.3 is 5.97 Å². The second-order valence-corrected chi connectivity index (χ2v) is 6.53. The number of esters is 1.